The smallest absolute Gasteiger partial charge is 0.257 e. The Hall–Kier alpha value is -4.07. The van der Waals surface area contributed by atoms with E-state index in [9.17, 15) is 24.6 Å². The summed E-state index contributed by atoms with van der Waals surface area (Å²) in [6.45, 7) is 3.90. The number of hydrogen-bond acceptors (Lipinski definition) is 9. The first kappa shape index (κ1) is 33.3. The van der Waals surface area contributed by atoms with Crippen LogP contribution < -0.4 is 10.6 Å². The van der Waals surface area contributed by atoms with Gasteiger partial charge in [-0.05, 0) is 41.0 Å². The van der Waals surface area contributed by atoms with Crippen molar-refractivity contribution in [3.63, 3.8) is 0 Å². The van der Waals surface area contributed by atoms with Crippen molar-refractivity contribution in [1.29, 1.82) is 0 Å². The van der Waals surface area contributed by atoms with Crippen LogP contribution in [-0.2, 0) is 17.1 Å². The average Bonchev–Trinajstić information content (AvgIpc) is 3.55. The van der Waals surface area contributed by atoms with Crippen molar-refractivity contribution in [1.82, 2.24) is 20.1 Å². The van der Waals surface area contributed by atoms with E-state index in [2.05, 4.69) is 15.6 Å². The van der Waals surface area contributed by atoms with E-state index in [-0.39, 0.29) is 24.3 Å². The number of aromatic nitrogens is 1. The summed E-state index contributed by atoms with van der Waals surface area (Å²) in [5, 5.41) is 26.9. The molecule has 10 nitrogen and oxygen atoms in total. The Morgan fingerprint density at radius 3 is 2.33 bits per heavy atom. The molecule has 1 saturated heterocycles. The molecule has 12 heteroatoms. The lowest BCUT2D eigenvalue weighted by molar-refractivity contribution is -0.130. The van der Waals surface area contributed by atoms with Gasteiger partial charge in [0.05, 0.1) is 29.2 Å². The maximum atomic E-state index is 13.0. The van der Waals surface area contributed by atoms with Crippen molar-refractivity contribution < 1.29 is 24.6 Å². The molecule has 0 bridgehead atoms. The first-order chi connectivity index (χ1) is 22.3. The van der Waals surface area contributed by atoms with E-state index in [4.69, 9.17) is 0 Å². The zero-order chi connectivity index (χ0) is 32.5. The van der Waals surface area contributed by atoms with Gasteiger partial charge in [0, 0.05) is 56.5 Å². The minimum Gasteiger partial charge on any atom is -0.395 e. The maximum absolute atomic E-state index is 13.0. The van der Waals surface area contributed by atoms with Crippen LogP contribution in [0.25, 0.3) is 0 Å². The summed E-state index contributed by atoms with van der Waals surface area (Å²) in [7, 11) is 0. The number of thiazole rings is 1. The SMILES string of the molecule is CC(=O)N1CCN(C(=O)c2cccc(CSc3cnc(NC(=O)c4ccc(CNC(CO)C(O)c5ccccc5)cc4)s3)c2)CC1. The summed E-state index contributed by atoms with van der Waals surface area (Å²) >= 11 is 2.97. The lowest BCUT2D eigenvalue weighted by atomic mass is 10.0. The number of aliphatic hydroxyl groups excluding tert-OH is 2. The third-order valence-electron chi connectivity index (χ3n) is 7.78. The molecule has 3 aromatic carbocycles. The van der Waals surface area contributed by atoms with Gasteiger partial charge in [0.2, 0.25) is 5.91 Å². The van der Waals surface area contributed by atoms with Crippen LogP contribution in [0, 0.1) is 0 Å². The van der Waals surface area contributed by atoms with Gasteiger partial charge in [0.15, 0.2) is 5.13 Å². The summed E-state index contributed by atoms with van der Waals surface area (Å²) in [5.74, 6) is 0.376. The summed E-state index contributed by atoms with van der Waals surface area (Å²) in [4.78, 5) is 45.4. The number of thioether (sulfide) groups is 1. The van der Waals surface area contributed by atoms with Crippen molar-refractivity contribution in [3.05, 3.63) is 113 Å². The second kappa shape index (κ2) is 16.0. The standard InChI is InChI=1S/C34H37N5O5S2/c1-23(41)38-14-16-39(17-15-38)33(44)28-9-5-6-25(18-28)22-45-30-20-36-34(46-30)37-32(43)27-12-10-24(11-13-27)19-35-29(21-40)31(42)26-7-3-2-4-8-26/h2-13,18,20,29,31,35,40,42H,14-17,19,21-22H2,1H3,(H,36,37,43). The van der Waals surface area contributed by atoms with E-state index in [1.807, 2.05) is 66.7 Å². The molecular weight excluding hydrogens is 623 g/mol. The lowest BCUT2D eigenvalue weighted by Gasteiger charge is -2.34. The summed E-state index contributed by atoms with van der Waals surface area (Å²) < 4.78 is 0.935. The minimum absolute atomic E-state index is 0.0293. The zero-order valence-corrected chi connectivity index (χ0v) is 27.1. The van der Waals surface area contributed by atoms with Crippen molar-refractivity contribution in [3.8, 4) is 0 Å². The third-order valence-corrected chi connectivity index (χ3v) is 9.95. The molecule has 0 saturated carbocycles. The quantitative estimate of drug-likeness (QED) is 0.167. The minimum atomic E-state index is -0.848. The molecule has 1 aromatic heterocycles. The second-order valence-corrected chi connectivity index (χ2v) is 13.3. The molecule has 0 spiro atoms. The van der Waals surface area contributed by atoms with Gasteiger partial charge in [-0.3, -0.25) is 19.7 Å². The Bertz CT molecular complexity index is 1620. The fourth-order valence-corrected chi connectivity index (χ4v) is 6.90. The van der Waals surface area contributed by atoms with Crippen LogP contribution in [-0.4, -0.2) is 81.5 Å². The number of benzene rings is 3. The van der Waals surface area contributed by atoms with Crippen LogP contribution in [0.1, 0.15) is 50.4 Å². The zero-order valence-electron chi connectivity index (χ0n) is 25.5. The number of rotatable bonds is 12. The Morgan fingerprint density at radius 1 is 0.913 bits per heavy atom. The molecule has 2 unspecified atom stereocenters. The molecule has 240 valence electrons. The van der Waals surface area contributed by atoms with Gasteiger partial charge in [-0.25, -0.2) is 4.98 Å². The van der Waals surface area contributed by atoms with E-state index >= 15 is 0 Å². The molecule has 4 aromatic rings. The van der Waals surface area contributed by atoms with Crippen LogP contribution in [0.4, 0.5) is 5.13 Å². The fraction of sp³-hybridized carbons (Fsp3) is 0.294. The van der Waals surface area contributed by atoms with Crippen LogP contribution >= 0.6 is 23.1 Å². The van der Waals surface area contributed by atoms with E-state index in [1.54, 1.807) is 46.8 Å². The fourth-order valence-electron chi connectivity index (χ4n) is 5.09. The molecule has 0 radical (unpaired) electrons. The van der Waals surface area contributed by atoms with Crippen molar-refractivity contribution in [2.75, 3.05) is 38.1 Å². The topological polar surface area (TPSA) is 135 Å². The van der Waals surface area contributed by atoms with Gasteiger partial charge in [0.1, 0.15) is 0 Å². The molecule has 2 heterocycles. The van der Waals surface area contributed by atoms with Crippen molar-refractivity contribution in [2.45, 2.75) is 35.6 Å². The molecule has 1 aliphatic heterocycles. The predicted octanol–water partition coefficient (Wildman–Crippen LogP) is 4.18. The molecule has 2 atom stereocenters. The molecule has 5 rings (SSSR count). The molecule has 1 fully saturated rings. The molecule has 46 heavy (non-hydrogen) atoms. The number of hydrogen-bond donors (Lipinski definition) is 4. The first-order valence-electron chi connectivity index (χ1n) is 15.0. The Labute approximate surface area is 276 Å². The van der Waals surface area contributed by atoms with Gasteiger partial charge in [0.25, 0.3) is 11.8 Å². The maximum Gasteiger partial charge on any atom is 0.257 e. The summed E-state index contributed by atoms with van der Waals surface area (Å²) in [5.41, 5.74) is 3.76. The summed E-state index contributed by atoms with van der Waals surface area (Å²) in [6, 6.07) is 23.4. The number of carbonyl (C=O) groups is 3. The number of piperazine rings is 1. The van der Waals surface area contributed by atoms with Gasteiger partial charge in [-0.1, -0.05) is 65.9 Å². The van der Waals surface area contributed by atoms with Crippen LogP contribution in [0.3, 0.4) is 0 Å². The highest BCUT2D eigenvalue weighted by atomic mass is 32.2. The number of nitrogens with one attached hydrogen (secondary N) is 2. The van der Waals surface area contributed by atoms with Gasteiger partial charge >= 0.3 is 0 Å². The van der Waals surface area contributed by atoms with Crippen LogP contribution in [0.2, 0.25) is 0 Å². The second-order valence-electron chi connectivity index (χ2n) is 10.9. The largest absolute Gasteiger partial charge is 0.395 e. The molecule has 1 aliphatic rings. The average molecular weight is 660 g/mol. The monoisotopic (exact) mass is 659 g/mol. The first-order valence-corrected chi connectivity index (χ1v) is 16.8. The number of anilines is 1. The lowest BCUT2D eigenvalue weighted by Crippen LogP contribution is -2.50. The highest BCUT2D eigenvalue weighted by Crippen LogP contribution is 2.31. The van der Waals surface area contributed by atoms with Crippen molar-refractivity contribution >= 4 is 46.0 Å². The van der Waals surface area contributed by atoms with Crippen LogP contribution in [0.5, 0.6) is 0 Å². The highest BCUT2D eigenvalue weighted by molar-refractivity contribution is 8.00. The molecule has 4 N–H and O–H groups in total. The molecule has 3 amide bonds. The van der Waals surface area contributed by atoms with Gasteiger partial charge in [-0.15, -0.1) is 11.8 Å². The number of aliphatic hydroxyl groups is 2. The third kappa shape index (κ3) is 8.80. The van der Waals surface area contributed by atoms with E-state index in [1.165, 1.54) is 11.3 Å². The number of nitrogens with zero attached hydrogens (tertiary/aromatic N) is 3. The number of amides is 3. The number of carbonyl (C=O) groups excluding carboxylic acids is 3. The highest BCUT2D eigenvalue weighted by Gasteiger charge is 2.23. The predicted molar refractivity (Wildman–Crippen MR) is 180 cm³/mol. The Balaban J connectivity index is 1.09. The summed E-state index contributed by atoms with van der Waals surface area (Å²) in [6.07, 6.45) is 0.879. The van der Waals surface area contributed by atoms with Crippen LogP contribution in [0.15, 0.2) is 89.3 Å². The van der Waals surface area contributed by atoms with Gasteiger partial charge in [-0.2, -0.15) is 0 Å². The van der Waals surface area contributed by atoms with E-state index < -0.39 is 12.1 Å². The van der Waals surface area contributed by atoms with E-state index in [0.29, 0.717) is 54.7 Å². The van der Waals surface area contributed by atoms with Crippen molar-refractivity contribution in [2.24, 2.45) is 0 Å². The molecular formula is C34H37N5O5S2. The normalized spacial score (nSPS) is 14.5. The van der Waals surface area contributed by atoms with E-state index in [0.717, 1.165) is 20.9 Å². The Morgan fingerprint density at radius 2 is 1.63 bits per heavy atom. The van der Waals surface area contributed by atoms with Gasteiger partial charge < -0.3 is 25.3 Å². The molecule has 0 aliphatic carbocycles. The Kier molecular flexibility index (Phi) is 11.6.